The number of nitrogens with one attached hydrogen (secondary N) is 2. The van der Waals surface area contributed by atoms with Crippen molar-refractivity contribution in [3.63, 3.8) is 0 Å². The zero-order valence-electron chi connectivity index (χ0n) is 17.7. The Morgan fingerprint density at radius 1 is 1.09 bits per heavy atom. The lowest BCUT2D eigenvalue weighted by Gasteiger charge is -2.14. The number of carboxylic acid groups (broad SMARTS) is 1. The van der Waals surface area contributed by atoms with Crippen LogP contribution in [0.3, 0.4) is 0 Å². The van der Waals surface area contributed by atoms with Gasteiger partial charge in [0.1, 0.15) is 12.2 Å². The fourth-order valence-corrected chi connectivity index (χ4v) is 3.85. The average molecular weight is 450 g/mol. The molecule has 3 aromatic rings. The van der Waals surface area contributed by atoms with Gasteiger partial charge in [0, 0.05) is 19.2 Å². The van der Waals surface area contributed by atoms with Gasteiger partial charge in [-0.1, -0.05) is 48.5 Å². The number of aryl methyl sites for hydroxylation is 1. The summed E-state index contributed by atoms with van der Waals surface area (Å²) in [5, 5.41) is 26.9. The van der Waals surface area contributed by atoms with Crippen LogP contribution in [0.5, 0.6) is 0 Å². The number of benzene rings is 2. The molecule has 0 saturated carbocycles. The quantitative estimate of drug-likeness (QED) is 0.431. The predicted molar refractivity (Wildman–Crippen MR) is 118 cm³/mol. The number of rotatable bonds is 7. The lowest BCUT2D eigenvalue weighted by Crippen LogP contribution is -2.36. The third kappa shape index (κ3) is 4.55. The Morgan fingerprint density at radius 3 is 2.30 bits per heavy atom. The molecular weight excluding hydrogens is 428 g/mol. The summed E-state index contributed by atoms with van der Waals surface area (Å²) in [5.74, 6) is -2.32. The summed E-state index contributed by atoms with van der Waals surface area (Å²) in [6, 6.07) is 15.9. The number of fused-ring (bicyclic) bond motifs is 3. The number of anilines is 1. The number of amides is 2. The lowest BCUT2D eigenvalue weighted by atomic mass is 9.98. The van der Waals surface area contributed by atoms with E-state index in [1.165, 1.54) is 10.9 Å². The van der Waals surface area contributed by atoms with Crippen molar-refractivity contribution in [3.8, 4) is 11.1 Å². The van der Waals surface area contributed by atoms with Gasteiger partial charge < -0.3 is 20.3 Å². The summed E-state index contributed by atoms with van der Waals surface area (Å²) in [6.45, 7) is -0.396. The van der Waals surface area contributed by atoms with Crippen LogP contribution in [0.2, 0.25) is 0 Å². The van der Waals surface area contributed by atoms with Gasteiger partial charge in [0.25, 0.3) is 5.91 Å². The molecule has 1 unspecified atom stereocenters. The van der Waals surface area contributed by atoms with Gasteiger partial charge in [0.05, 0.1) is 6.54 Å². The molecule has 4 N–H and O–H groups in total. The van der Waals surface area contributed by atoms with Crippen LogP contribution >= 0.6 is 0 Å². The molecule has 170 valence electrons. The minimum absolute atomic E-state index is 0.00333. The van der Waals surface area contributed by atoms with Crippen LogP contribution in [0.15, 0.2) is 54.7 Å². The van der Waals surface area contributed by atoms with Crippen molar-refractivity contribution in [1.82, 2.24) is 15.1 Å². The van der Waals surface area contributed by atoms with E-state index < -0.39 is 30.6 Å². The standard InChI is InChI=1S/C23H22N4O6/c1-27-11-17(21(29)24-10-19(28)22(30)31)20(26-27)25-23(32)33-12-18-15-8-4-2-6-13(15)14-7-3-5-9-16(14)18/h2-9,11,18-19,28H,10,12H2,1H3,(H,24,29)(H,30,31)(H,25,26,32). The van der Waals surface area contributed by atoms with E-state index in [4.69, 9.17) is 9.84 Å². The van der Waals surface area contributed by atoms with Gasteiger partial charge in [0.2, 0.25) is 0 Å². The van der Waals surface area contributed by atoms with Crippen LogP contribution in [0.1, 0.15) is 27.4 Å². The van der Waals surface area contributed by atoms with Gasteiger partial charge in [-0.25, -0.2) is 9.59 Å². The number of aliphatic hydroxyl groups is 1. The highest BCUT2D eigenvalue weighted by Crippen LogP contribution is 2.44. The summed E-state index contributed by atoms with van der Waals surface area (Å²) < 4.78 is 6.79. The number of aromatic nitrogens is 2. The third-order valence-electron chi connectivity index (χ3n) is 5.38. The van der Waals surface area contributed by atoms with Crippen molar-refractivity contribution in [3.05, 3.63) is 71.4 Å². The first-order chi connectivity index (χ1) is 15.8. The van der Waals surface area contributed by atoms with E-state index in [2.05, 4.69) is 15.7 Å². The Hall–Kier alpha value is -4.18. The smallest absolute Gasteiger partial charge is 0.412 e. The van der Waals surface area contributed by atoms with Crippen LogP contribution in [0.25, 0.3) is 11.1 Å². The summed E-state index contributed by atoms with van der Waals surface area (Å²) in [4.78, 5) is 35.6. The zero-order chi connectivity index (χ0) is 23.5. The number of carbonyl (C=O) groups is 3. The molecule has 1 atom stereocenters. The highest BCUT2D eigenvalue weighted by atomic mass is 16.5. The third-order valence-corrected chi connectivity index (χ3v) is 5.38. The maximum Gasteiger partial charge on any atom is 0.412 e. The van der Waals surface area contributed by atoms with E-state index in [1.807, 2.05) is 48.5 Å². The molecule has 0 bridgehead atoms. The van der Waals surface area contributed by atoms with Crippen molar-refractivity contribution in [2.45, 2.75) is 12.0 Å². The zero-order valence-corrected chi connectivity index (χ0v) is 17.7. The van der Waals surface area contributed by atoms with Gasteiger partial charge in [-0.2, -0.15) is 5.10 Å². The monoisotopic (exact) mass is 450 g/mol. The Morgan fingerprint density at radius 2 is 1.70 bits per heavy atom. The second kappa shape index (κ2) is 9.13. The van der Waals surface area contributed by atoms with Crippen molar-refractivity contribution in [2.75, 3.05) is 18.5 Å². The fourth-order valence-electron chi connectivity index (χ4n) is 3.85. The molecular formula is C23H22N4O6. The molecule has 0 aliphatic heterocycles. The summed E-state index contributed by atoms with van der Waals surface area (Å²) in [5.41, 5.74) is 4.36. The fraction of sp³-hybridized carbons (Fsp3) is 0.217. The average Bonchev–Trinajstić information content (AvgIpc) is 3.33. The van der Waals surface area contributed by atoms with Crippen LogP contribution < -0.4 is 10.6 Å². The summed E-state index contributed by atoms with van der Waals surface area (Å²) in [7, 11) is 1.56. The highest BCUT2D eigenvalue weighted by Gasteiger charge is 2.29. The van der Waals surface area contributed by atoms with Crippen molar-refractivity contribution < 1.29 is 29.3 Å². The Balaban J connectivity index is 1.42. The minimum Gasteiger partial charge on any atom is -0.479 e. The van der Waals surface area contributed by atoms with Gasteiger partial charge >= 0.3 is 12.1 Å². The van der Waals surface area contributed by atoms with Gasteiger partial charge in [0.15, 0.2) is 11.9 Å². The van der Waals surface area contributed by atoms with Gasteiger partial charge in [-0.3, -0.25) is 14.8 Å². The topological polar surface area (TPSA) is 143 Å². The molecule has 4 rings (SSSR count). The van der Waals surface area contributed by atoms with Crippen molar-refractivity contribution in [1.29, 1.82) is 0 Å². The van der Waals surface area contributed by atoms with Gasteiger partial charge in [-0.05, 0) is 22.3 Å². The molecule has 0 spiro atoms. The van der Waals surface area contributed by atoms with E-state index >= 15 is 0 Å². The normalized spacial score (nSPS) is 13.0. The van der Waals surface area contributed by atoms with E-state index in [0.717, 1.165) is 22.3 Å². The molecule has 33 heavy (non-hydrogen) atoms. The minimum atomic E-state index is -1.75. The lowest BCUT2D eigenvalue weighted by molar-refractivity contribution is -0.146. The number of aliphatic hydroxyl groups excluding tert-OH is 1. The molecule has 2 aromatic carbocycles. The number of aliphatic carboxylic acids is 1. The molecule has 2 amide bonds. The number of nitrogens with zero attached hydrogens (tertiary/aromatic N) is 2. The Kier molecular flexibility index (Phi) is 6.09. The van der Waals surface area contributed by atoms with Crippen LogP contribution in [-0.2, 0) is 16.6 Å². The number of carboxylic acids is 1. The number of hydrogen-bond donors (Lipinski definition) is 4. The molecule has 1 aromatic heterocycles. The first-order valence-corrected chi connectivity index (χ1v) is 10.2. The van der Waals surface area contributed by atoms with Crippen LogP contribution in [0.4, 0.5) is 10.6 Å². The number of hydrogen-bond acceptors (Lipinski definition) is 6. The summed E-state index contributed by atoms with van der Waals surface area (Å²) in [6.07, 6.45) is -1.17. The second-order valence-electron chi connectivity index (χ2n) is 7.58. The van der Waals surface area contributed by atoms with E-state index in [9.17, 15) is 19.5 Å². The maximum absolute atomic E-state index is 12.5. The van der Waals surface area contributed by atoms with E-state index in [0.29, 0.717) is 0 Å². The summed E-state index contributed by atoms with van der Waals surface area (Å²) >= 11 is 0. The van der Waals surface area contributed by atoms with E-state index in [1.54, 1.807) is 7.05 Å². The SMILES string of the molecule is Cn1cc(C(=O)NCC(O)C(=O)O)c(NC(=O)OCC2c3ccccc3-c3ccccc32)n1. The molecule has 10 heteroatoms. The van der Waals surface area contributed by atoms with Crippen LogP contribution in [0, 0.1) is 0 Å². The molecule has 0 radical (unpaired) electrons. The molecule has 0 fully saturated rings. The van der Waals surface area contributed by atoms with Gasteiger partial charge in [-0.15, -0.1) is 0 Å². The molecule has 1 heterocycles. The molecule has 10 nitrogen and oxygen atoms in total. The predicted octanol–water partition coefficient (Wildman–Crippen LogP) is 1.96. The van der Waals surface area contributed by atoms with Crippen molar-refractivity contribution >= 4 is 23.8 Å². The largest absolute Gasteiger partial charge is 0.479 e. The maximum atomic E-state index is 12.5. The Labute approximate surface area is 188 Å². The molecule has 1 aliphatic rings. The first kappa shape index (κ1) is 22.0. The number of carbonyl (C=O) groups excluding carboxylic acids is 2. The van der Waals surface area contributed by atoms with E-state index in [-0.39, 0.29) is 23.9 Å². The van der Waals surface area contributed by atoms with Crippen molar-refractivity contribution in [2.24, 2.45) is 7.05 Å². The Bertz CT molecular complexity index is 1180. The highest BCUT2D eigenvalue weighted by molar-refractivity contribution is 6.01. The molecule has 0 saturated heterocycles. The second-order valence-corrected chi connectivity index (χ2v) is 7.58. The molecule has 1 aliphatic carbocycles. The van der Waals surface area contributed by atoms with Crippen LogP contribution in [-0.4, -0.2) is 57.2 Å². The first-order valence-electron chi connectivity index (χ1n) is 10.2. The number of ether oxygens (including phenoxy) is 1.